The summed E-state index contributed by atoms with van der Waals surface area (Å²) in [6, 6.07) is 6.66. The Morgan fingerprint density at radius 3 is 2.31 bits per heavy atom. The average molecular weight is 221 g/mol. The fraction of sp³-hybridized carbons (Fsp3) is 0.571. The summed E-state index contributed by atoms with van der Waals surface area (Å²) in [4.78, 5) is 2.31. The maximum absolute atomic E-state index is 9.08. The van der Waals surface area contributed by atoms with Crippen molar-refractivity contribution in [3.8, 4) is 0 Å². The van der Waals surface area contributed by atoms with Crippen molar-refractivity contribution in [2.75, 3.05) is 11.9 Å². The molecule has 0 aliphatic rings. The van der Waals surface area contributed by atoms with Crippen LogP contribution in [0.2, 0.25) is 0 Å². The molecule has 1 unspecified atom stereocenters. The van der Waals surface area contributed by atoms with Crippen LogP contribution in [-0.4, -0.2) is 18.2 Å². The molecule has 1 N–H and O–H groups in total. The van der Waals surface area contributed by atoms with Gasteiger partial charge in [0, 0.05) is 18.8 Å². The number of hydrogen-bond acceptors (Lipinski definition) is 2. The second-order valence-electron chi connectivity index (χ2n) is 4.87. The summed E-state index contributed by atoms with van der Waals surface area (Å²) in [5.74, 6) is 0.627. The first-order chi connectivity index (χ1) is 7.47. The van der Waals surface area contributed by atoms with E-state index in [9.17, 15) is 0 Å². The molecular formula is C14H23NO. The quantitative estimate of drug-likeness (QED) is 0.845. The van der Waals surface area contributed by atoms with Crippen LogP contribution in [0.3, 0.4) is 0 Å². The van der Waals surface area contributed by atoms with Crippen molar-refractivity contribution in [1.82, 2.24) is 0 Å². The third-order valence-electron chi connectivity index (χ3n) is 3.40. The molecule has 0 aliphatic carbocycles. The van der Waals surface area contributed by atoms with Crippen molar-refractivity contribution in [3.05, 3.63) is 29.3 Å². The molecule has 2 heteroatoms. The Bertz CT molecular complexity index is 347. The Morgan fingerprint density at radius 2 is 1.88 bits per heavy atom. The Hall–Kier alpha value is -1.02. The highest BCUT2D eigenvalue weighted by Gasteiger charge is 2.15. The maximum Gasteiger partial charge on any atom is 0.0681 e. The van der Waals surface area contributed by atoms with E-state index in [1.807, 2.05) is 6.07 Å². The fourth-order valence-electron chi connectivity index (χ4n) is 1.88. The minimum Gasteiger partial charge on any atom is -0.392 e. The van der Waals surface area contributed by atoms with E-state index in [-0.39, 0.29) is 6.61 Å². The van der Waals surface area contributed by atoms with Gasteiger partial charge in [-0.3, -0.25) is 0 Å². The van der Waals surface area contributed by atoms with Gasteiger partial charge in [0.05, 0.1) is 6.61 Å². The normalized spacial score (nSPS) is 12.9. The summed E-state index contributed by atoms with van der Waals surface area (Å²) in [6.07, 6.45) is 0. The molecule has 0 bridgehead atoms. The van der Waals surface area contributed by atoms with Gasteiger partial charge in [0.25, 0.3) is 0 Å². The van der Waals surface area contributed by atoms with Crippen LogP contribution in [0.15, 0.2) is 18.2 Å². The largest absolute Gasteiger partial charge is 0.392 e. The molecule has 1 aromatic carbocycles. The zero-order valence-corrected chi connectivity index (χ0v) is 11.0. The minimum atomic E-state index is 0.116. The van der Waals surface area contributed by atoms with E-state index in [2.05, 4.69) is 51.8 Å². The number of anilines is 1. The smallest absolute Gasteiger partial charge is 0.0681 e. The molecule has 0 amide bonds. The molecular weight excluding hydrogens is 198 g/mol. The average Bonchev–Trinajstić information content (AvgIpc) is 2.26. The lowest BCUT2D eigenvalue weighted by Gasteiger charge is -2.31. The summed E-state index contributed by atoms with van der Waals surface area (Å²) >= 11 is 0. The van der Waals surface area contributed by atoms with Crippen LogP contribution in [0.4, 0.5) is 5.69 Å². The van der Waals surface area contributed by atoms with Gasteiger partial charge in [-0.1, -0.05) is 26.0 Å². The van der Waals surface area contributed by atoms with Crippen molar-refractivity contribution in [2.45, 2.75) is 40.3 Å². The summed E-state index contributed by atoms with van der Waals surface area (Å²) in [5.41, 5.74) is 3.45. The molecule has 0 aromatic heterocycles. The van der Waals surface area contributed by atoms with Gasteiger partial charge in [-0.2, -0.15) is 0 Å². The van der Waals surface area contributed by atoms with E-state index in [0.717, 1.165) is 5.56 Å². The highest BCUT2D eigenvalue weighted by molar-refractivity contribution is 5.54. The third kappa shape index (κ3) is 2.76. The molecule has 1 atom stereocenters. The lowest BCUT2D eigenvalue weighted by atomic mass is 10.0. The van der Waals surface area contributed by atoms with Gasteiger partial charge in [0.1, 0.15) is 0 Å². The van der Waals surface area contributed by atoms with Crippen LogP contribution in [-0.2, 0) is 6.61 Å². The number of hydrogen-bond donors (Lipinski definition) is 1. The molecule has 0 spiro atoms. The lowest BCUT2D eigenvalue weighted by Crippen LogP contribution is -2.33. The molecule has 1 rings (SSSR count). The maximum atomic E-state index is 9.08. The van der Waals surface area contributed by atoms with Crippen molar-refractivity contribution >= 4 is 5.69 Å². The molecule has 0 saturated heterocycles. The number of rotatable bonds is 4. The third-order valence-corrected chi connectivity index (χ3v) is 3.40. The van der Waals surface area contributed by atoms with Crippen LogP contribution in [0.1, 0.15) is 31.9 Å². The second kappa shape index (κ2) is 5.35. The van der Waals surface area contributed by atoms with Crippen LogP contribution >= 0.6 is 0 Å². The van der Waals surface area contributed by atoms with E-state index >= 15 is 0 Å². The highest BCUT2D eigenvalue weighted by atomic mass is 16.3. The van der Waals surface area contributed by atoms with Gasteiger partial charge in [-0.25, -0.2) is 0 Å². The summed E-state index contributed by atoms with van der Waals surface area (Å²) in [5, 5.41) is 9.08. The van der Waals surface area contributed by atoms with E-state index < -0.39 is 0 Å². The van der Waals surface area contributed by atoms with E-state index in [1.165, 1.54) is 11.3 Å². The van der Waals surface area contributed by atoms with Gasteiger partial charge < -0.3 is 10.0 Å². The van der Waals surface area contributed by atoms with E-state index in [4.69, 9.17) is 5.11 Å². The van der Waals surface area contributed by atoms with Gasteiger partial charge in [0.2, 0.25) is 0 Å². The van der Waals surface area contributed by atoms with Crippen molar-refractivity contribution < 1.29 is 5.11 Å². The van der Waals surface area contributed by atoms with Crippen LogP contribution in [0.5, 0.6) is 0 Å². The molecule has 16 heavy (non-hydrogen) atoms. The van der Waals surface area contributed by atoms with Crippen molar-refractivity contribution in [1.29, 1.82) is 0 Å². The molecule has 1 aromatic rings. The lowest BCUT2D eigenvalue weighted by molar-refractivity contribution is 0.282. The summed E-state index contributed by atoms with van der Waals surface area (Å²) in [7, 11) is 2.13. The molecule has 0 fully saturated rings. The van der Waals surface area contributed by atoms with E-state index in [0.29, 0.717) is 12.0 Å². The highest BCUT2D eigenvalue weighted by Crippen LogP contribution is 2.24. The molecule has 0 saturated carbocycles. The Labute approximate surface area is 98.9 Å². The second-order valence-corrected chi connectivity index (χ2v) is 4.87. The number of aliphatic hydroxyl groups is 1. The van der Waals surface area contributed by atoms with Crippen LogP contribution in [0, 0.1) is 12.8 Å². The first kappa shape index (κ1) is 13.0. The number of benzene rings is 1. The van der Waals surface area contributed by atoms with Crippen LogP contribution in [0.25, 0.3) is 0 Å². The molecule has 90 valence electrons. The van der Waals surface area contributed by atoms with E-state index in [1.54, 1.807) is 0 Å². The number of aryl methyl sites for hydroxylation is 1. The Balaban J connectivity index is 2.96. The van der Waals surface area contributed by atoms with Crippen molar-refractivity contribution in [2.24, 2.45) is 5.92 Å². The fourth-order valence-corrected chi connectivity index (χ4v) is 1.88. The molecule has 0 radical (unpaired) electrons. The molecule has 2 nitrogen and oxygen atoms in total. The molecule has 0 aliphatic heterocycles. The zero-order valence-electron chi connectivity index (χ0n) is 11.0. The van der Waals surface area contributed by atoms with Crippen molar-refractivity contribution in [3.63, 3.8) is 0 Å². The minimum absolute atomic E-state index is 0.116. The first-order valence-corrected chi connectivity index (χ1v) is 5.90. The zero-order chi connectivity index (χ0) is 12.3. The number of aliphatic hydroxyl groups excluding tert-OH is 1. The SMILES string of the molecule is Cc1cc(CO)ccc1N(C)C(C)C(C)C. The van der Waals surface area contributed by atoms with Gasteiger partial charge in [-0.15, -0.1) is 0 Å². The predicted octanol–water partition coefficient (Wildman–Crippen LogP) is 2.97. The topological polar surface area (TPSA) is 23.5 Å². The Morgan fingerprint density at radius 1 is 1.25 bits per heavy atom. The standard InChI is InChI=1S/C14H23NO/c1-10(2)12(4)15(5)14-7-6-13(9-16)8-11(14)3/h6-8,10,12,16H,9H2,1-5H3. The van der Waals surface area contributed by atoms with Gasteiger partial charge in [0.15, 0.2) is 0 Å². The monoisotopic (exact) mass is 221 g/mol. The Kier molecular flexibility index (Phi) is 4.36. The van der Waals surface area contributed by atoms with Gasteiger partial charge >= 0.3 is 0 Å². The molecule has 0 heterocycles. The van der Waals surface area contributed by atoms with Crippen LogP contribution < -0.4 is 4.90 Å². The number of nitrogens with zero attached hydrogens (tertiary/aromatic N) is 1. The van der Waals surface area contributed by atoms with Gasteiger partial charge in [-0.05, 0) is 37.0 Å². The predicted molar refractivity (Wildman–Crippen MR) is 69.8 cm³/mol. The first-order valence-electron chi connectivity index (χ1n) is 5.90. The summed E-state index contributed by atoms with van der Waals surface area (Å²) in [6.45, 7) is 8.92. The summed E-state index contributed by atoms with van der Waals surface area (Å²) < 4.78 is 0.